The highest BCUT2D eigenvalue weighted by Crippen LogP contribution is 2.19. The topological polar surface area (TPSA) is 29.5 Å². The van der Waals surface area contributed by atoms with Crippen molar-refractivity contribution < 1.29 is 9.53 Å². The molecule has 0 saturated carbocycles. The predicted octanol–water partition coefficient (Wildman–Crippen LogP) is 3.35. The van der Waals surface area contributed by atoms with Gasteiger partial charge in [0.15, 0.2) is 0 Å². The van der Waals surface area contributed by atoms with Crippen molar-refractivity contribution in [1.82, 2.24) is 4.90 Å². The largest absolute Gasteiger partial charge is 0.444 e. The Balaban J connectivity index is 2.42. The molecule has 1 heterocycles. The smallest absolute Gasteiger partial charge is 0.410 e. The monoisotopic (exact) mass is 225 g/mol. The van der Waals surface area contributed by atoms with Crippen molar-refractivity contribution in [1.29, 1.82) is 0 Å². The highest BCUT2D eigenvalue weighted by molar-refractivity contribution is 5.68. The molecule has 0 N–H and O–H groups in total. The fourth-order valence-electron chi connectivity index (χ4n) is 1.80. The molecule has 1 fully saturated rings. The van der Waals surface area contributed by atoms with Gasteiger partial charge in [-0.25, -0.2) is 4.79 Å². The fourth-order valence-corrected chi connectivity index (χ4v) is 1.80. The van der Waals surface area contributed by atoms with E-state index in [1.165, 1.54) is 5.57 Å². The summed E-state index contributed by atoms with van der Waals surface area (Å²) in [5.41, 5.74) is 1.08. The third kappa shape index (κ3) is 4.25. The number of allylic oxidation sites excluding steroid dienone is 1. The Morgan fingerprint density at radius 3 is 2.38 bits per heavy atom. The number of likely N-dealkylation sites (tertiary alicyclic amines) is 1. The van der Waals surface area contributed by atoms with E-state index in [9.17, 15) is 4.79 Å². The average Bonchev–Trinajstić information content (AvgIpc) is 2.16. The number of amides is 1. The summed E-state index contributed by atoms with van der Waals surface area (Å²) in [6.07, 6.45) is 5.16. The van der Waals surface area contributed by atoms with Crippen LogP contribution in [0, 0.1) is 0 Å². The number of piperidine rings is 1. The van der Waals surface area contributed by atoms with Crippen molar-refractivity contribution in [2.75, 3.05) is 13.1 Å². The number of nitrogens with zero attached hydrogens (tertiary/aromatic N) is 1. The number of hydrogen-bond donors (Lipinski definition) is 0. The van der Waals surface area contributed by atoms with Gasteiger partial charge in [-0.3, -0.25) is 0 Å². The van der Waals surface area contributed by atoms with Crippen molar-refractivity contribution in [3.63, 3.8) is 0 Å². The molecular weight excluding hydrogens is 202 g/mol. The molecule has 0 aromatic carbocycles. The molecule has 92 valence electrons. The van der Waals surface area contributed by atoms with Crippen LogP contribution in [0.3, 0.4) is 0 Å². The minimum Gasteiger partial charge on any atom is -0.444 e. The molecule has 1 aliphatic rings. The number of carbonyl (C=O) groups is 1. The third-order valence-corrected chi connectivity index (χ3v) is 2.55. The summed E-state index contributed by atoms with van der Waals surface area (Å²) < 4.78 is 5.34. The molecule has 1 saturated heterocycles. The highest BCUT2D eigenvalue weighted by Gasteiger charge is 2.24. The van der Waals surface area contributed by atoms with Crippen molar-refractivity contribution in [2.24, 2.45) is 0 Å². The second kappa shape index (κ2) is 5.37. The van der Waals surface area contributed by atoms with Gasteiger partial charge in [-0.1, -0.05) is 18.6 Å². The van der Waals surface area contributed by atoms with E-state index in [1.807, 2.05) is 20.8 Å². The zero-order valence-electron chi connectivity index (χ0n) is 10.9. The van der Waals surface area contributed by atoms with Gasteiger partial charge < -0.3 is 9.64 Å². The maximum Gasteiger partial charge on any atom is 0.410 e. The van der Waals surface area contributed by atoms with Crippen molar-refractivity contribution in [2.45, 2.75) is 52.6 Å². The molecule has 1 amide bonds. The van der Waals surface area contributed by atoms with E-state index in [4.69, 9.17) is 4.74 Å². The van der Waals surface area contributed by atoms with E-state index in [0.29, 0.717) is 0 Å². The quantitative estimate of drug-likeness (QED) is 0.640. The lowest BCUT2D eigenvalue weighted by atomic mass is 10.0. The maximum atomic E-state index is 11.8. The van der Waals surface area contributed by atoms with Crippen molar-refractivity contribution in [3.05, 3.63) is 11.6 Å². The van der Waals surface area contributed by atoms with Crippen LogP contribution in [0.15, 0.2) is 11.6 Å². The molecule has 1 aliphatic heterocycles. The van der Waals surface area contributed by atoms with Crippen LogP contribution in [0.4, 0.5) is 4.79 Å². The Hall–Kier alpha value is -0.990. The van der Waals surface area contributed by atoms with E-state index in [1.54, 1.807) is 4.90 Å². The summed E-state index contributed by atoms with van der Waals surface area (Å²) in [6.45, 7) is 9.43. The first-order valence-electron chi connectivity index (χ1n) is 6.08. The molecule has 0 aromatic rings. The van der Waals surface area contributed by atoms with Crippen molar-refractivity contribution >= 4 is 6.09 Å². The molecule has 3 nitrogen and oxygen atoms in total. The normalized spacial score (nSPS) is 17.2. The minimum atomic E-state index is -0.392. The zero-order valence-corrected chi connectivity index (χ0v) is 10.9. The van der Waals surface area contributed by atoms with E-state index < -0.39 is 5.60 Å². The summed E-state index contributed by atoms with van der Waals surface area (Å²) in [7, 11) is 0. The van der Waals surface area contributed by atoms with Crippen molar-refractivity contribution in [3.8, 4) is 0 Å². The van der Waals surface area contributed by atoms with Crippen LogP contribution in [0.5, 0.6) is 0 Å². The van der Waals surface area contributed by atoms with Gasteiger partial charge in [-0.05, 0) is 40.0 Å². The van der Waals surface area contributed by atoms with E-state index in [-0.39, 0.29) is 6.09 Å². The predicted molar refractivity (Wildman–Crippen MR) is 65.4 cm³/mol. The highest BCUT2D eigenvalue weighted by atomic mass is 16.6. The molecule has 1 rings (SSSR count). The first-order chi connectivity index (χ1) is 7.42. The first kappa shape index (κ1) is 13.1. The van der Waals surface area contributed by atoms with Gasteiger partial charge in [0.05, 0.1) is 0 Å². The summed E-state index contributed by atoms with van der Waals surface area (Å²) in [5.74, 6) is 0. The lowest BCUT2D eigenvalue weighted by Crippen LogP contribution is -2.40. The van der Waals surface area contributed by atoms with Gasteiger partial charge in [0.25, 0.3) is 0 Å². The van der Waals surface area contributed by atoms with E-state index in [0.717, 1.165) is 32.4 Å². The Labute approximate surface area is 98.5 Å². The Bertz CT molecular complexity index is 266. The van der Waals surface area contributed by atoms with Crippen LogP contribution in [0.25, 0.3) is 0 Å². The summed E-state index contributed by atoms with van der Waals surface area (Å²) in [6, 6.07) is 0. The van der Waals surface area contributed by atoms with Gasteiger partial charge in [0.2, 0.25) is 0 Å². The second-order valence-electron chi connectivity index (χ2n) is 5.24. The molecule has 0 aliphatic carbocycles. The minimum absolute atomic E-state index is 0.178. The Morgan fingerprint density at radius 1 is 1.38 bits per heavy atom. The molecular formula is C13H23NO2. The van der Waals surface area contributed by atoms with Crippen LogP contribution in [0.2, 0.25) is 0 Å². The van der Waals surface area contributed by atoms with Crippen LogP contribution in [-0.4, -0.2) is 29.7 Å². The van der Waals surface area contributed by atoms with Crippen LogP contribution in [0.1, 0.15) is 47.0 Å². The zero-order chi connectivity index (χ0) is 12.2. The van der Waals surface area contributed by atoms with Gasteiger partial charge in [-0.15, -0.1) is 0 Å². The van der Waals surface area contributed by atoms with Gasteiger partial charge in [0.1, 0.15) is 5.60 Å². The molecule has 16 heavy (non-hydrogen) atoms. The SMILES string of the molecule is CCC=C1CCN(C(=O)OC(C)(C)C)CC1. The summed E-state index contributed by atoms with van der Waals surface area (Å²) in [5, 5.41) is 0. The lowest BCUT2D eigenvalue weighted by Gasteiger charge is -2.31. The van der Waals surface area contributed by atoms with Crippen LogP contribution in [-0.2, 0) is 4.74 Å². The molecule has 0 spiro atoms. The number of ether oxygens (including phenoxy) is 1. The average molecular weight is 225 g/mol. The fraction of sp³-hybridized carbons (Fsp3) is 0.769. The van der Waals surface area contributed by atoms with Gasteiger partial charge in [0, 0.05) is 13.1 Å². The van der Waals surface area contributed by atoms with Crippen LogP contribution >= 0.6 is 0 Å². The van der Waals surface area contributed by atoms with E-state index >= 15 is 0 Å². The summed E-state index contributed by atoms with van der Waals surface area (Å²) in [4.78, 5) is 13.6. The van der Waals surface area contributed by atoms with Crippen LogP contribution < -0.4 is 0 Å². The molecule has 0 unspecified atom stereocenters. The first-order valence-corrected chi connectivity index (χ1v) is 6.08. The molecule has 0 aromatic heterocycles. The number of rotatable bonds is 1. The standard InChI is InChI=1S/C13H23NO2/c1-5-6-11-7-9-14(10-8-11)12(15)16-13(2,3)4/h6H,5,7-10H2,1-4H3. The van der Waals surface area contributed by atoms with Gasteiger partial charge >= 0.3 is 6.09 Å². The molecule has 3 heteroatoms. The maximum absolute atomic E-state index is 11.8. The Kier molecular flexibility index (Phi) is 4.39. The molecule has 0 radical (unpaired) electrons. The third-order valence-electron chi connectivity index (χ3n) is 2.55. The molecule has 0 bridgehead atoms. The number of hydrogen-bond acceptors (Lipinski definition) is 2. The lowest BCUT2D eigenvalue weighted by molar-refractivity contribution is 0.0236. The molecule has 0 atom stereocenters. The number of carbonyl (C=O) groups excluding carboxylic acids is 1. The van der Waals surface area contributed by atoms with Gasteiger partial charge in [-0.2, -0.15) is 0 Å². The second-order valence-corrected chi connectivity index (χ2v) is 5.24. The van der Waals surface area contributed by atoms with E-state index in [2.05, 4.69) is 13.0 Å². The Morgan fingerprint density at radius 2 is 1.94 bits per heavy atom. The summed E-state index contributed by atoms with van der Waals surface area (Å²) >= 11 is 0.